The minimum Gasteiger partial charge on any atom is -0.461 e. The minimum atomic E-state index is -0.562. The Morgan fingerprint density at radius 1 is 1.57 bits per heavy atom. The fraction of sp³-hybridized carbons (Fsp3) is 0.545. The number of carbonyl (C=O) groups excluding carboxylic acids is 1. The summed E-state index contributed by atoms with van der Waals surface area (Å²) in [5.74, 6) is 0.588. The van der Waals surface area contributed by atoms with Crippen molar-refractivity contribution in [1.82, 2.24) is 0 Å². The Balaban J connectivity index is 2.41. The molecule has 0 aliphatic carbocycles. The van der Waals surface area contributed by atoms with Gasteiger partial charge in [0, 0.05) is 6.42 Å². The van der Waals surface area contributed by atoms with E-state index < -0.39 is 6.10 Å². The zero-order valence-corrected chi connectivity index (χ0v) is 8.56. The van der Waals surface area contributed by atoms with Gasteiger partial charge >= 0.3 is 0 Å². The fourth-order valence-electron chi connectivity index (χ4n) is 1.38. The number of aliphatic hydroxyl groups is 1. The molecular weight excluding hydrogens is 180 g/mol. The van der Waals surface area contributed by atoms with E-state index >= 15 is 0 Å². The third kappa shape index (κ3) is 3.34. The molecule has 1 rings (SSSR count). The smallest absolute Gasteiger partial charge is 0.200 e. The minimum absolute atomic E-state index is 0.136. The highest BCUT2D eigenvalue weighted by molar-refractivity contribution is 5.93. The molecule has 1 heterocycles. The molecule has 3 heteroatoms. The summed E-state index contributed by atoms with van der Waals surface area (Å²) >= 11 is 0. The van der Waals surface area contributed by atoms with Crippen LogP contribution in [0.15, 0.2) is 22.8 Å². The van der Waals surface area contributed by atoms with Gasteiger partial charge in [-0.15, -0.1) is 0 Å². The Labute approximate surface area is 83.7 Å². The number of ketones is 1. The van der Waals surface area contributed by atoms with E-state index in [0.717, 1.165) is 0 Å². The van der Waals surface area contributed by atoms with E-state index in [0.29, 0.717) is 18.1 Å². The number of rotatable bonds is 5. The maximum Gasteiger partial charge on any atom is 0.200 e. The van der Waals surface area contributed by atoms with Gasteiger partial charge < -0.3 is 9.52 Å². The van der Waals surface area contributed by atoms with Gasteiger partial charge in [0.05, 0.1) is 12.4 Å². The summed E-state index contributed by atoms with van der Waals surface area (Å²) in [6.45, 7) is 4.03. The molecule has 1 aromatic heterocycles. The number of hydrogen-bond donors (Lipinski definition) is 1. The van der Waals surface area contributed by atoms with Gasteiger partial charge in [0.15, 0.2) is 5.76 Å². The van der Waals surface area contributed by atoms with Gasteiger partial charge in [-0.3, -0.25) is 4.79 Å². The molecular formula is C11H16O3. The summed E-state index contributed by atoms with van der Waals surface area (Å²) in [6, 6.07) is 3.28. The predicted molar refractivity (Wildman–Crippen MR) is 53.1 cm³/mol. The van der Waals surface area contributed by atoms with Crippen molar-refractivity contribution in [2.45, 2.75) is 32.8 Å². The molecule has 1 N–H and O–H groups in total. The van der Waals surface area contributed by atoms with Crippen molar-refractivity contribution in [2.75, 3.05) is 0 Å². The van der Waals surface area contributed by atoms with Crippen LogP contribution in [0.2, 0.25) is 0 Å². The summed E-state index contributed by atoms with van der Waals surface area (Å²) in [5.41, 5.74) is 0. The van der Waals surface area contributed by atoms with Crippen molar-refractivity contribution < 1.29 is 14.3 Å². The first-order chi connectivity index (χ1) is 6.59. The van der Waals surface area contributed by atoms with Gasteiger partial charge in [0.25, 0.3) is 0 Å². The molecule has 14 heavy (non-hydrogen) atoms. The van der Waals surface area contributed by atoms with Crippen molar-refractivity contribution in [3.05, 3.63) is 24.2 Å². The Morgan fingerprint density at radius 2 is 2.29 bits per heavy atom. The molecule has 0 aromatic carbocycles. The van der Waals surface area contributed by atoms with E-state index in [-0.39, 0.29) is 12.2 Å². The van der Waals surface area contributed by atoms with Crippen LogP contribution in [0.4, 0.5) is 0 Å². The van der Waals surface area contributed by atoms with Crippen molar-refractivity contribution in [1.29, 1.82) is 0 Å². The molecule has 3 nitrogen and oxygen atoms in total. The fourth-order valence-corrected chi connectivity index (χ4v) is 1.38. The third-order valence-electron chi connectivity index (χ3n) is 1.96. The molecule has 0 radical (unpaired) electrons. The lowest BCUT2D eigenvalue weighted by Crippen LogP contribution is -2.15. The summed E-state index contributed by atoms with van der Waals surface area (Å²) in [5, 5.41) is 9.53. The van der Waals surface area contributed by atoms with E-state index in [1.807, 2.05) is 13.8 Å². The molecule has 1 atom stereocenters. The first-order valence-electron chi connectivity index (χ1n) is 4.84. The topological polar surface area (TPSA) is 50.4 Å². The Hall–Kier alpha value is -1.09. The lowest BCUT2D eigenvalue weighted by molar-refractivity contribution is 0.0821. The highest BCUT2D eigenvalue weighted by Gasteiger charge is 2.15. The van der Waals surface area contributed by atoms with E-state index in [1.165, 1.54) is 6.26 Å². The average molecular weight is 196 g/mol. The summed E-state index contributed by atoms with van der Waals surface area (Å²) in [4.78, 5) is 11.4. The van der Waals surface area contributed by atoms with E-state index in [4.69, 9.17) is 4.42 Å². The molecule has 0 aliphatic heterocycles. The van der Waals surface area contributed by atoms with Crippen molar-refractivity contribution in [3.63, 3.8) is 0 Å². The van der Waals surface area contributed by atoms with Crippen LogP contribution in [-0.4, -0.2) is 17.0 Å². The SMILES string of the molecule is CC(C)CC(O)CC(=O)c1ccco1. The molecule has 0 spiro atoms. The van der Waals surface area contributed by atoms with Crippen molar-refractivity contribution in [3.8, 4) is 0 Å². The van der Waals surface area contributed by atoms with Gasteiger partial charge in [0.2, 0.25) is 5.78 Å². The molecule has 0 amide bonds. The van der Waals surface area contributed by atoms with Gasteiger partial charge in [-0.1, -0.05) is 13.8 Å². The molecule has 0 saturated heterocycles. The maximum absolute atomic E-state index is 11.4. The van der Waals surface area contributed by atoms with Crippen molar-refractivity contribution >= 4 is 5.78 Å². The van der Waals surface area contributed by atoms with Crippen LogP contribution in [0.5, 0.6) is 0 Å². The number of aliphatic hydroxyl groups excluding tert-OH is 1. The zero-order chi connectivity index (χ0) is 10.6. The normalized spacial score (nSPS) is 13.1. The Bertz CT molecular complexity index is 275. The first kappa shape index (κ1) is 11.0. The van der Waals surface area contributed by atoms with Crippen LogP contribution in [0.25, 0.3) is 0 Å². The van der Waals surface area contributed by atoms with Crippen LogP contribution in [0.1, 0.15) is 37.2 Å². The second kappa shape index (κ2) is 4.96. The maximum atomic E-state index is 11.4. The summed E-state index contributed by atoms with van der Waals surface area (Å²) in [6.07, 6.45) is 1.69. The third-order valence-corrected chi connectivity index (χ3v) is 1.96. The molecule has 0 saturated carbocycles. The largest absolute Gasteiger partial charge is 0.461 e. The van der Waals surface area contributed by atoms with E-state index in [1.54, 1.807) is 12.1 Å². The van der Waals surface area contributed by atoms with E-state index in [2.05, 4.69) is 0 Å². The molecule has 0 fully saturated rings. The van der Waals surface area contributed by atoms with E-state index in [9.17, 15) is 9.90 Å². The Morgan fingerprint density at radius 3 is 2.79 bits per heavy atom. The molecule has 1 unspecified atom stereocenters. The second-order valence-electron chi connectivity index (χ2n) is 3.89. The lowest BCUT2D eigenvalue weighted by atomic mass is 10.0. The van der Waals surface area contributed by atoms with Gasteiger partial charge in [-0.05, 0) is 24.5 Å². The number of carbonyl (C=O) groups is 1. The average Bonchev–Trinajstić information content (AvgIpc) is 2.53. The van der Waals surface area contributed by atoms with Crippen LogP contribution >= 0.6 is 0 Å². The molecule has 78 valence electrons. The lowest BCUT2D eigenvalue weighted by Gasteiger charge is -2.10. The molecule has 0 bridgehead atoms. The highest BCUT2D eigenvalue weighted by atomic mass is 16.3. The summed E-state index contributed by atoms with van der Waals surface area (Å²) in [7, 11) is 0. The predicted octanol–water partition coefficient (Wildman–Crippen LogP) is 2.26. The van der Waals surface area contributed by atoms with Crippen LogP contribution in [0, 0.1) is 5.92 Å². The van der Waals surface area contributed by atoms with Crippen molar-refractivity contribution in [2.24, 2.45) is 5.92 Å². The number of furan rings is 1. The van der Waals surface area contributed by atoms with Gasteiger partial charge in [-0.2, -0.15) is 0 Å². The quantitative estimate of drug-likeness (QED) is 0.735. The van der Waals surface area contributed by atoms with Crippen LogP contribution in [-0.2, 0) is 0 Å². The summed E-state index contributed by atoms with van der Waals surface area (Å²) < 4.78 is 4.94. The van der Waals surface area contributed by atoms with Gasteiger partial charge in [0.1, 0.15) is 0 Å². The molecule has 1 aromatic rings. The number of hydrogen-bond acceptors (Lipinski definition) is 3. The monoisotopic (exact) mass is 196 g/mol. The van der Waals surface area contributed by atoms with Crippen LogP contribution in [0.3, 0.4) is 0 Å². The molecule has 0 aliphatic rings. The zero-order valence-electron chi connectivity index (χ0n) is 8.56. The standard InChI is InChI=1S/C11H16O3/c1-8(2)6-9(12)7-10(13)11-4-3-5-14-11/h3-5,8-9,12H,6-7H2,1-2H3. The number of Topliss-reactive ketones (excluding diaryl/α,β-unsaturated/α-hetero) is 1. The van der Waals surface area contributed by atoms with Gasteiger partial charge in [-0.25, -0.2) is 0 Å². The second-order valence-corrected chi connectivity index (χ2v) is 3.89. The Kier molecular flexibility index (Phi) is 3.89. The highest BCUT2D eigenvalue weighted by Crippen LogP contribution is 2.11. The first-order valence-corrected chi connectivity index (χ1v) is 4.84. The van der Waals surface area contributed by atoms with Crippen LogP contribution < -0.4 is 0 Å².